The van der Waals surface area contributed by atoms with E-state index in [0.29, 0.717) is 0 Å². The summed E-state index contributed by atoms with van der Waals surface area (Å²) in [5.74, 6) is 0. The van der Waals surface area contributed by atoms with Gasteiger partial charge in [-0.3, -0.25) is 9.68 Å². The molecule has 0 radical (unpaired) electrons. The van der Waals surface area contributed by atoms with Crippen molar-refractivity contribution in [2.75, 3.05) is 6.61 Å². The number of rotatable bonds is 1. The third-order valence-electron chi connectivity index (χ3n) is 3.53. The average Bonchev–Trinajstić information content (AvgIpc) is 2.67. The zero-order valence-electron chi connectivity index (χ0n) is 9.56. The van der Waals surface area contributed by atoms with Crippen LogP contribution in [0, 0.1) is 0 Å². The average molecular weight is 219 g/mol. The van der Waals surface area contributed by atoms with Gasteiger partial charge < -0.3 is 0 Å². The van der Waals surface area contributed by atoms with Gasteiger partial charge in [-0.05, 0) is 25.3 Å². The minimum atomic E-state index is 0.0543. The number of fused-ring (bicyclic) bond motifs is 1. The van der Waals surface area contributed by atoms with Crippen molar-refractivity contribution in [1.29, 1.82) is 0 Å². The predicted molar refractivity (Wildman–Crippen MR) is 60.3 cm³/mol. The third-order valence-corrected chi connectivity index (χ3v) is 3.53. The smallest absolute Gasteiger partial charge is 0.109 e. The Balaban J connectivity index is 1.82. The lowest BCUT2D eigenvalue weighted by Gasteiger charge is -2.35. The fourth-order valence-corrected chi connectivity index (χ4v) is 2.58. The summed E-state index contributed by atoms with van der Waals surface area (Å²) in [6.45, 7) is 2.99. The van der Waals surface area contributed by atoms with Crippen molar-refractivity contribution < 1.29 is 9.68 Å². The normalized spacial score (nSPS) is 34.9. The highest BCUT2D eigenvalue weighted by atomic mass is 17.0. The topological polar surface area (TPSA) is 21.7 Å². The van der Waals surface area contributed by atoms with Gasteiger partial charge in [0, 0.05) is 6.42 Å². The molecule has 2 fully saturated rings. The standard InChI is InChI=1S/C13H17NO2/c1-13-8-5-9-15-14(13)16-12(10-13)11-6-3-2-4-7-11/h2-4,6-7,12H,5,8-10H2,1H3. The summed E-state index contributed by atoms with van der Waals surface area (Å²) in [4.78, 5) is 11.4. The second-order valence-corrected chi connectivity index (χ2v) is 4.90. The van der Waals surface area contributed by atoms with Gasteiger partial charge in [-0.1, -0.05) is 35.6 Å². The Morgan fingerprint density at radius 3 is 2.88 bits per heavy atom. The highest BCUT2D eigenvalue weighted by molar-refractivity contribution is 5.19. The molecule has 0 bridgehead atoms. The molecule has 2 heterocycles. The predicted octanol–water partition coefficient (Wildman–Crippen LogP) is 2.85. The maximum atomic E-state index is 5.87. The Hall–Kier alpha value is -0.900. The van der Waals surface area contributed by atoms with Gasteiger partial charge in [0.05, 0.1) is 12.1 Å². The van der Waals surface area contributed by atoms with E-state index >= 15 is 0 Å². The van der Waals surface area contributed by atoms with Crippen LogP contribution in [0.25, 0.3) is 0 Å². The maximum absolute atomic E-state index is 5.87. The molecule has 2 unspecified atom stereocenters. The summed E-state index contributed by atoms with van der Waals surface area (Å²) in [6.07, 6.45) is 3.43. The molecule has 0 aromatic heterocycles. The molecule has 86 valence electrons. The number of nitrogens with zero attached hydrogens (tertiary/aromatic N) is 1. The van der Waals surface area contributed by atoms with Crippen LogP contribution >= 0.6 is 0 Å². The van der Waals surface area contributed by atoms with Crippen molar-refractivity contribution in [2.45, 2.75) is 37.8 Å². The van der Waals surface area contributed by atoms with Gasteiger partial charge in [0.1, 0.15) is 6.10 Å². The summed E-state index contributed by atoms with van der Waals surface area (Å²) in [5, 5.41) is 1.73. The number of hydrogen-bond acceptors (Lipinski definition) is 3. The molecular formula is C13H17NO2. The van der Waals surface area contributed by atoms with Gasteiger partial charge in [0.2, 0.25) is 0 Å². The minimum Gasteiger partial charge on any atom is -0.274 e. The van der Waals surface area contributed by atoms with Crippen molar-refractivity contribution in [3.8, 4) is 0 Å². The van der Waals surface area contributed by atoms with E-state index in [1.807, 2.05) is 6.07 Å². The first kappa shape index (κ1) is 10.3. The molecule has 0 amide bonds. The van der Waals surface area contributed by atoms with Crippen LogP contribution in [0.2, 0.25) is 0 Å². The fourth-order valence-electron chi connectivity index (χ4n) is 2.58. The van der Waals surface area contributed by atoms with E-state index in [1.165, 1.54) is 5.56 Å². The third kappa shape index (κ3) is 1.65. The zero-order valence-corrected chi connectivity index (χ0v) is 9.56. The molecule has 0 spiro atoms. The second kappa shape index (κ2) is 3.84. The lowest BCUT2D eigenvalue weighted by molar-refractivity contribution is -0.402. The van der Waals surface area contributed by atoms with Crippen molar-refractivity contribution in [3.05, 3.63) is 35.9 Å². The van der Waals surface area contributed by atoms with E-state index in [2.05, 4.69) is 31.2 Å². The highest BCUT2D eigenvalue weighted by Crippen LogP contribution is 2.44. The monoisotopic (exact) mass is 219 g/mol. The fraction of sp³-hybridized carbons (Fsp3) is 0.538. The Labute approximate surface area is 95.9 Å². The minimum absolute atomic E-state index is 0.0543. The van der Waals surface area contributed by atoms with Crippen molar-refractivity contribution in [3.63, 3.8) is 0 Å². The van der Waals surface area contributed by atoms with E-state index in [4.69, 9.17) is 9.68 Å². The largest absolute Gasteiger partial charge is 0.274 e. The summed E-state index contributed by atoms with van der Waals surface area (Å²) in [6, 6.07) is 10.4. The van der Waals surface area contributed by atoms with Crippen LogP contribution in [0.4, 0.5) is 0 Å². The summed E-state index contributed by atoms with van der Waals surface area (Å²) in [7, 11) is 0. The summed E-state index contributed by atoms with van der Waals surface area (Å²) >= 11 is 0. The molecule has 2 saturated heterocycles. The lowest BCUT2D eigenvalue weighted by atomic mass is 9.88. The summed E-state index contributed by atoms with van der Waals surface area (Å²) in [5.41, 5.74) is 1.29. The first-order chi connectivity index (χ1) is 7.78. The Morgan fingerprint density at radius 1 is 1.31 bits per heavy atom. The first-order valence-electron chi connectivity index (χ1n) is 5.93. The lowest BCUT2D eigenvalue weighted by Crippen LogP contribution is -2.43. The Kier molecular flexibility index (Phi) is 2.46. The van der Waals surface area contributed by atoms with Crippen LogP contribution in [0.15, 0.2) is 30.3 Å². The molecule has 1 aromatic carbocycles. The van der Waals surface area contributed by atoms with E-state index in [-0.39, 0.29) is 11.6 Å². The number of hydroxylamine groups is 2. The van der Waals surface area contributed by atoms with Crippen LogP contribution in [0.3, 0.4) is 0 Å². The van der Waals surface area contributed by atoms with Crippen LogP contribution < -0.4 is 0 Å². The van der Waals surface area contributed by atoms with E-state index in [9.17, 15) is 0 Å². The van der Waals surface area contributed by atoms with Crippen molar-refractivity contribution in [2.24, 2.45) is 0 Å². The summed E-state index contributed by atoms with van der Waals surface area (Å²) < 4.78 is 0. The maximum Gasteiger partial charge on any atom is 0.109 e. The number of benzene rings is 1. The molecule has 2 atom stereocenters. The van der Waals surface area contributed by atoms with Crippen molar-refractivity contribution in [1.82, 2.24) is 5.23 Å². The van der Waals surface area contributed by atoms with Crippen LogP contribution in [0.1, 0.15) is 37.9 Å². The van der Waals surface area contributed by atoms with Crippen molar-refractivity contribution >= 4 is 0 Å². The molecule has 0 N–H and O–H groups in total. The molecule has 3 nitrogen and oxygen atoms in total. The highest BCUT2D eigenvalue weighted by Gasteiger charge is 2.46. The first-order valence-corrected chi connectivity index (χ1v) is 5.93. The molecule has 2 aliphatic rings. The van der Waals surface area contributed by atoms with Gasteiger partial charge in [-0.15, -0.1) is 0 Å². The molecule has 0 saturated carbocycles. The van der Waals surface area contributed by atoms with E-state index in [1.54, 1.807) is 5.23 Å². The van der Waals surface area contributed by atoms with Gasteiger partial charge in [-0.2, -0.15) is 0 Å². The van der Waals surface area contributed by atoms with Crippen LogP contribution in [0.5, 0.6) is 0 Å². The molecular weight excluding hydrogens is 202 g/mol. The molecule has 3 heteroatoms. The van der Waals surface area contributed by atoms with Gasteiger partial charge in [0.15, 0.2) is 0 Å². The molecule has 3 rings (SSSR count). The SMILES string of the molecule is CC12CCCON1OC(c1ccccc1)C2. The zero-order chi connectivity index (χ0) is 11.0. The molecule has 1 aromatic rings. The van der Waals surface area contributed by atoms with Gasteiger partial charge in [-0.25, -0.2) is 0 Å². The second-order valence-electron chi connectivity index (χ2n) is 4.90. The quantitative estimate of drug-likeness (QED) is 0.725. The van der Waals surface area contributed by atoms with Gasteiger partial charge in [0.25, 0.3) is 0 Å². The van der Waals surface area contributed by atoms with E-state index in [0.717, 1.165) is 25.9 Å². The molecule has 16 heavy (non-hydrogen) atoms. The molecule has 0 aliphatic carbocycles. The Morgan fingerprint density at radius 2 is 2.12 bits per heavy atom. The Bertz CT molecular complexity index is 367. The van der Waals surface area contributed by atoms with Crippen LogP contribution in [-0.4, -0.2) is 17.4 Å². The van der Waals surface area contributed by atoms with Gasteiger partial charge >= 0.3 is 0 Å². The van der Waals surface area contributed by atoms with Crippen LogP contribution in [-0.2, 0) is 9.68 Å². The van der Waals surface area contributed by atoms with E-state index < -0.39 is 0 Å². The number of hydrogen-bond donors (Lipinski definition) is 0. The molecule has 2 aliphatic heterocycles.